The minimum absolute atomic E-state index is 0.265. The fourth-order valence-corrected chi connectivity index (χ4v) is 3.40. The lowest BCUT2D eigenvalue weighted by atomic mass is 10.1. The molecular formula is C20H23ClN4O3. The monoisotopic (exact) mass is 402 g/mol. The lowest BCUT2D eigenvalue weighted by molar-refractivity contribution is 0.106. The first kappa shape index (κ1) is 20.1. The largest absolute Gasteiger partial charge is 0.465 e. The van der Waals surface area contributed by atoms with E-state index in [1.807, 2.05) is 48.0 Å². The number of hydrogen-bond donors (Lipinski definition) is 2. The zero-order valence-corrected chi connectivity index (χ0v) is 16.4. The molecular weight excluding hydrogens is 380 g/mol. The molecule has 0 aliphatic rings. The van der Waals surface area contributed by atoms with Crippen molar-refractivity contribution in [2.75, 3.05) is 13.2 Å². The lowest BCUT2D eigenvalue weighted by Crippen LogP contribution is -2.30. The van der Waals surface area contributed by atoms with Crippen LogP contribution in [0.1, 0.15) is 30.6 Å². The number of carbonyl (C=O) groups is 1. The van der Waals surface area contributed by atoms with Gasteiger partial charge in [0.05, 0.1) is 30.1 Å². The molecule has 28 heavy (non-hydrogen) atoms. The number of carboxylic acid groups (broad SMARTS) is 1. The van der Waals surface area contributed by atoms with Crippen LogP contribution in [0.5, 0.6) is 0 Å². The normalized spacial score (nSPS) is 12.2. The summed E-state index contributed by atoms with van der Waals surface area (Å²) in [6, 6.07) is 10.8. The first-order chi connectivity index (χ1) is 13.6. The smallest absolute Gasteiger partial charge is 0.405 e. The highest BCUT2D eigenvalue weighted by molar-refractivity contribution is 6.30. The van der Waals surface area contributed by atoms with Crippen LogP contribution in [-0.4, -0.2) is 39.2 Å². The molecule has 0 saturated carbocycles. The van der Waals surface area contributed by atoms with Gasteiger partial charge in [0.1, 0.15) is 5.15 Å². The maximum absolute atomic E-state index is 11.1. The Balaban J connectivity index is 1.57. The molecule has 8 heteroatoms. The summed E-state index contributed by atoms with van der Waals surface area (Å²) < 4.78 is 7.66. The Morgan fingerprint density at radius 1 is 1.36 bits per heavy atom. The third kappa shape index (κ3) is 4.99. The van der Waals surface area contributed by atoms with Crippen molar-refractivity contribution < 1.29 is 14.6 Å². The van der Waals surface area contributed by atoms with Gasteiger partial charge in [0.25, 0.3) is 0 Å². The Bertz CT molecular complexity index is 930. The highest BCUT2D eigenvalue weighted by Gasteiger charge is 2.14. The van der Waals surface area contributed by atoms with E-state index in [-0.39, 0.29) is 6.61 Å². The van der Waals surface area contributed by atoms with E-state index in [4.69, 9.17) is 21.4 Å². The summed E-state index contributed by atoms with van der Waals surface area (Å²) in [5, 5.41) is 17.4. The van der Waals surface area contributed by atoms with Crippen LogP contribution in [0, 0.1) is 0 Å². The standard InChI is InChI=1S/C20H23ClN4O3/c1-2-25-19-15(12-22-25)11-18(21)23-16(19)9-6-10-28-13-17(24-20(26)27)14-7-4-3-5-8-14/h3-5,7-8,11-12,17,24H,2,6,9-10,13H2,1H3,(H,26,27). The predicted octanol–water partition coefficient (Wildman–Crippen LogP) is 4.06. The van der Waals surface area contributed by atoms with Gasteiger partial charge in [0.15, 0.2) is 0 Å². The number of nitrogens with zero attached hydrogens (tertiary/aromatic N) is 3. The average Bonchev–Trinajstić information content (AvgIpc) is 3.10. The van der Waals surface area contributed by atoms with Crippen LogP contribution < -0.4 is 5.32 Å². The van der Waals surface area contributed by atoms with Crippen molar-refractivity contribution in [3.8, 4) is 0 Å². The van der Waals surface area contributed by atoms with E-state index in [1.54, 1.807) is 6.20 Å². The number of fused-ring (bicyclic) bond motifs is 1. The molecule has 148 valence electrons. The number of pyridine rings is 1. The van der Waals surface area contributed by atoms with Crippen LogP contribution in [0.4, 0.5) is 4.79 Å². The molecule has 1 unspecified atom stereocenters. The van der Waals surface area contributed by atoms with Gasteiger partial charge in [0.2, 0.25) is 0 Å². The maximum Gasteiger partial charge on any atom is 0.405 e. The van der Waals surface area contributed by atoms with E-state index in [0.29, 0.717) is 18.2 Å². The van der Waals surface area contributed by atoms with E-state index >= 15 is 0 Å². The summed E-state index contributed by atoms with van der Waals surface area (Å²) >= 11 is 6.13. The van der Waals surface area contributed by atoms with Crippen LogP contribution >= 0.6 is 11.6 Å². The van der Waals surface area contributed by atoms with E-state index in [9.17, 15) is 4.79 Å². The molecule has 2 aromatic heterocycles. The minimum Gasteiger partial charge on any atom is -0.465 e. The van der Waals surface area contributed by atoms with Crippen molar-refractivity contribution in [3.63, 3.8) is 0 Å². The molecule has 1 atom stereocenters. The molecule has 0 fully saturated rings. The first-order valence-corrected chi connectivity index (χ1v) is 9.59. The number of amides is 1. The summed E-state index contributed by atoms with van der Waals surface area (Å²) in [5.74, 6) is 0. The molecule has 1 amide bonds. The Kier molecular flexibility index (Phi) is 6.84. The van der Waals surface area contributed by atoms with E-state index in [2.05, 4.69) is 15.4 Å². The quantitative estimate of drug-likeness (QED) is 0.416. The van der Waals surface area contributed by atoms with Gasteiger partial charge in [-0.05, 0) is 31.4 Å². The summed E-state index contributed by atoms with van der Waals surface area (Å²) in [6.07, 6.45) is 2.17. The van der Waals surface area contributed by atoms with Crippen LogP contribution in [0.2, 0.25) is 5.15 Å². The first-order valence-electron chi connectivity index (χ1n) is 9.21. The molecule has 2 heterocycles. The van der Waals surface area contributed by atoms with Gasteiger partial charge < -0.3 is 15.2 Å². The van der Waals surface area contributed by atoms with Crippen molar-refractivity contribution in [2.24, 2.45) is 0 Å². The van der Waals surface area contributed by atoms with Crippen molar-refractivity contribution in [1.82, 2.24) is 20.1 Å². The molecule has 3 aromatic rings. The van der Waals surface area contributed by atoms with Gasteiger partial charge in [-0.2, -0.15) is 5.10 Å². The number of benzene rings is 1. The number of aromatic nitrogens is 3. The third-order valence-corrected chi connectivity index (χ3v) is 4.64. The summed E-state index contributed by atoms with van der Waals surface area (Å²) in [5.41, 5.74) is 2.77. The van der Waals surface area contributed by atoms with Crippen molar-refractivity contribution >= 4 is 28.6 Å². The van der Waals surface area contributed by atoms with Crippen molar-refractivity contribution in [2.45, 2.75) is 32.4 Å². The minimum atomic E-state index is -1.07. The predicted molar refractivity (Wildman–Crippen MR) is 108 cm³/mol. The molecule has 2 N–H and O–H groups in total. The van der Waals surface area contributed by atoms with Crippen LogP contribution in [-0.2, 0) is 17.7 Å². The van der Waals surface area contributed by atoms with E-state index in [1.165, 1.54) is 0 Å². The molecule has 3 rings (SSSR count). The number of aryl methyl sites for hydroxylation is 2. The second-order valence-corrected chi connectivity index (χ2v) is 6.77. The van der Waals surface area contributed by atoms with Crippen LogP contribution in [0.3, 0.4) is 0 Å². The molecule has 0 aliphatic heterocycles. The van der Waals surface area contributed by atoms with Gasteiger partial charge in [-0.3, -0.25) is 4.68 Å². The third-order valence-electron chi connectivity index (χ3n) is 4.44. The SMILES string of the molecule is CCn1ncc2cc(Cl)nc(CCCOCC(NC(=O)O)c3ccccc3)c21. The van der Waals surface area contributed by atoms with Crippen LogP contribution in [0.25, 0.3) is 10.9 Å². The molecule has 0 saturated heterocycles. The highest BCUT2D eigenvalue weighted by atomic mass is 35.5. The van der Waals surface area contributed by atoms with Gasteiger partial charge in [-0.1, -0.05) is 41.9 Å². The van der Waals surface area contributed by atoms with Gasteiger partial charge in [-0.15, -0.1) is 0 Å². The molecule has 0 bridgehead atoms. The Labute approximate surface area is 168 Å². The Morgan fingerprint density at radius 3 is 2.86 bits per heavy atom. The van der Waals surface area contributed by atoms with E-state index in [0.717, 1.165) is 35.1 Å². The number of halogens is 1. The molecule has 0 spiro atoms. The summed E-state index contributed by atoms with van der Waals surface area (Å²) in [4.78, 5) is 15.5. The molecule has 0 aliphatic carbocycles. The molecule has 0 radical (unpaired) electrons. The maximum atomic E-state index is 11.1. The number of ether oxygens (including phenoxy) is 1. The van der Waals surface area contributed by atoms with Crippen molar-refractivity contribution in [3.05, 3.63) is 59.0 Å². The van der Waals surface area contributed by atoms with E-state index < -0.39 is 12.1 Å². The van der Waals surface area contributed by atoms with Crippen LogP contribution in [0.15, 0.2) is 42.6 Å². The highest BCUT2D eigenvalue weighted by Crippen LogP contribution is 2.22. The van der Waals surface area contributed by atoms with Gasteiger partial charge in [0, 0.05) is 18.5 Å². The average molecular weight is 403 g/mol. The molecule has 1 aromatic carbocycles. The summed E-state index contributed by atoms with van der Waals surface area (Å²) in [7, 11) is 0. The lowest BCUT2D eigenvalue weighted by Gasteiger charge is -2.17. The number of hydrogen-bond acceptors (Lipinski definition) is 4. The van der Waals surface area contributed by atoms with Gasteiger partial charge >= 0.3 is 6.09 Å². The zero-order chi connectivity index (χ0) is 19.9. The second kappa shape index (κ2) is 9.52. The number of rotatable bonds is 9. The Hall–Kier alpha value is -2.64. The van der Waals surface area contributed by atoms with Crippen molar-refractivity contribution in [1.29, 1.82) is 0 Å². The molecule has 7 nitrogen and oxygen atoms in total. The van der Waals surface area contributed by atoms with Gasteiger partial charge in [-0.25, -0.2) is 9.78 Å². The second-order valence-electron chi connectivity index (χ2n) is 6.38. The fraction of sp³-hybridized carbons (Fsp3) is 0.350. The zero-order valence-electron chi connectivity index (χ0n) is 15.6. The Morgan fingerprint density at radius 2 is 2.14 bits per heavy atom. The number of nitrogens with one attached hydrogen (secondary N) is 1. The topological polar surface area (TPSA) is 89.3 Å². The fourth-order valence-electron chi connectivity index (χ4n) is 3.18. The summed E-state index contributed by atoms with van der Waals surface area (Å²) in [6.45, 7) is 3.55.